The van der Waals surface area contributed by atoms with Crippen molar-refractivity contribution in [3.8, 4) is 11.3 Å². The summed E-state index contributed by atoms with van der Waals surface area (Å²) in [6.45, 7) is 4.21. The highest BCUT2D eigenvalue weighted by atomic mass is 32.2. The number of nitrogens with zero attached hydrogens (tertiary/aromatic N) is 5. The van der Waals surface area contributed by atoms with Crippen LogP contribution in [0.3, 0.4) is 0 Å². The molecule has 0 aliphatic heterocycles. The van der Waals surface area contributed by atoms with Gasteiger partial charge in [0.1, 0.15) is 11.3 Å². The van der Waals surface area contributed by atoms with E-state index in [0.29, 0.717) is 5.75 Å². The molecule has 0 aliphatic carbocycles. The van der Waals surface area contributed by atoms with Crippen LogP contribution in [0.1, 0.15) is 16.7 Å². The number of benzene rings is 2. The van der Waals surface area contributed by atoms with Gasteiger partial charge >= 0.3 is 0 Å². The van der Waals surface area contributed by atoms with Crippen molar-refractivity contribution in [1.29, 1.82) is 0 Å². The lowest BCUT2D eigenvalue weighted by Gasteiger charge is -2.02. The number of aromatic nitrogens is 5. The van der Waals surface area contributed by atoms with Gasteiger partial charge in [0.15, 0.2) is 10.8 Å². The van der Waals surface area contributed by atoms with Crippen molar-refractivity contribution in [3.63, 3.8) is 0 Å². The highest BCUT2D eigenvalue weighted by Gasteiger charge is 2.13. The van der Waals surface area contributed by atoms with Gasteiger partial charge in [0.05, 0.1) is 5.69 Å². The minimum absolute atomic E-state index is 0.228. The van der Waals surface area contributed by atoms with Crippen molar-refractivity contribution >= 4 is 22.9 Å². The van der Waals surface area contributed by atoms with Crippen molar-refractivity contribution in [2.75, 3.05) is 0 Å². The number of hydrogen-bond acceptors (Lipinski definition) is 4. The first-order chi connectivity index (χ1) is 14.1. The fraction of sp³-hybridized carbons (Fsp3) is 0.136. The highest BCUT2D eigenvalue weighted by Crippen LogP contribution is 2.26. The molecule has 5 nitrogen and oxygen atoms in total. The maximum atomic E-state index is 13.4. The molecule has 29 heavy (non-hydrogen) atoms. The van der Waals surface area contributed by atoms with Crippen LogP contribution >= 0.6 is 11.8 Å². The summed E-state index contributed by atoms with van der Waals surface area (Å²) in [5, 5.41) is 14.2. The quantitative estimate of drug-likeness (QED) is 0.392. The fourth-order valence-corrected chi connectivity index (χ4v) is 4.17. The van der Waals surface area contributed by atoms with E-state index in [1.54, 1.807) is 12.1 Å². The lowest BCUT2D eigenvalue weighted by atomic mass is 10.0. The van der Waals surface area contributed by atoms with Crippen LogP contribution in [-0.2, 0) is 5.75 Å². The molecule has 5 aromatic rings. The molecule has 0 saturated carbocycles. The van der Waals surface area contributed by atoms with Crippen molar-refractivity contribution in [2.24, 2.45) is 0 Å². The summed E-state index contributed by atoms with van der Waals surface area (Å²) in [5.41, 5.74) is 7.03. The Morgan fingerprint density at radius 3 is 2.69 bits per heavy atom. The van der Waals surface area contributed by atoms with E-state index in [0.717, 1.165) is 33.1 Å². The average molecular weight is 403 g/mol. The van der Waals surface area contributed by atoms with E-state index >= 15 is 0 Å². The molecule has 3 heterocycles. The Hall–Kier alpha value is -3.19. The number of rotatable bonds is 4. The summed E-state index contributed by atoms with van der Waals surface area (Å²) in [4.78, 5) is 0. The van der Waals surface area contributed by atoms with Crippen LogP contribution in [0.5, 0.6) is 0 Å². The first-order valence-electron chi connectivity index (χ1n) is 9.26. The second-order valence-electron chi connectivity index (χ2n) is 7.05. The Labute approximate surface area is 171 Å². The molecule has 0 N–H and O–H groups in total. The predicted molar refractivity (Wildman–Crippen MR) is 113 cm³/mol. The predicted octanol–water partition coefficient (Wildman–Crippen LogP) is 5.09. The Morgan fingerprint density at radius 1 is 0.966 bits per heavy atom. The number of fused-ring (bicyclic) bond motifs is 3. The number of aryl methyl sites for hydroxylation is 2. The van der Waals surface area contributed by atoms with Crippen LogP contribution in [0.2, 0.25) is 0 Å². The number of halogens is 1. The van der Waals surface area contributed by atoms with Crippen molar-refractivity contribution in [1.82, 2.24) is 24.2 Å². The second-order valence-corrected chi connectivity index (χ2v) is 7.99. The fourth-order valence-electron chi connectivity index (χ4n) is 3.31. The monoisotopic (exact) mass is 403 g/mol. The highest BCUT2D eigenvalue weighted by molar-refractivity contribution is 7.98. The molecule has 0 radical (unpaired) electrons. The van der Waals surface area contributed by atoms with Gasteiger partial charge in [-0.15, -0.1) is 10.2 Å². The van der Waals surface area contributed by atoms with Gasteiger partial charge in [-0.1, -0.05) is 36.0 Å². The molecule has 0 aliphatic rings. The molecule has 144 valence electrons. The third kappa shape index (κ3) is 3.27. The van der Waals surface area contributed by atoms with Crippen molar-refractivity contribution in [2.45, 2.75) is 24.8 Å². The third-order valence-corrected chi connectivity index (χ3v) is 6.06. The van der Waals surface area contributed by atoms with Crippen molar-refractivity contribution in [3.05, 3.63) is 83.4 Å². The molecular weight excluding hydrogens is 385 g/mol. The van der Waals surface area contributed by atoms with E-state index in [2.05, 4.69) is 42.2 Å². The van der Waals surface area contributed by atoms with E-state index in [9.17, 15) is 4.39 Å². The van der Waals surface area contributed by atoms with Gasteiger partial charge in [0.2, 0.25) is 0 Å². The van der Waals surface area contributed by atoms with Crippen LogP contribution in [0.15, 0.2) is 66.1 Å². The summed E-state index contributed by atoms with van der Waals surface area (Å²) in [6.07, 6.45) is 3.82. The summed E-state index contributed by atoms with van der Waals surface area (Å²) in [7, 11) is 0. The zero-order chi connectivity index (χ0) is 20.0. The largest absolute Gasteiger partial charge is 0.274 e. The van der Waals surface area contributed by atoms with E-state index in [1.807, 2.05) is 33.4 Å². The van der Waals surface area contributed by atoms with E-state index in [1.165, 1.54) is 29.0 Å². The zero-order valence-corrected chi connectivity index (χ0v) is 16.8. The van der Waals surface area contributed by atoms with Gasteiger partial charge < -0.3 is 0 Å². The average Bonchev–Trinajstić information content (AvgIpc) is 3.32. The van der Waals surface area contributed by atoms with Crippen molar-refractivity contribution < 1.29 is 4.39 Å². The first kappa shape index (κ1) is 17.9. The molecule has 2 aromatic carbocycles. The summed E-state index contributed by atoms with van der Waals surface area (Å²) < 4.78 is 17.2. The molecule has 0 spiro atoms. The lowest BCUT2D eigenvalue weighted by Crippen LogP contribution is -1.94. The zero-order valence-electron chi connectivity index (χ0n) is 16.0. The molecule has 0 saturated heterocycles. The summed E-state index contributed by atoms with van der Waals surface area (Å²) in [6, 6.07) is 15.0. The number of thioether (sulfide) groups is 1. The molecule has 3 aromatic heterocycles. The number of hydrogen-bond donors (Lipinski definition) is 0. The van der Waals surface area contributed by atoms with Crippen LogP contribution in [-0.4, -0.2) is 24.2 Å². The van der Waals surface area contributed by atoms with E-state index < -0.39 is 0 Å². The SMILES string of the molecule is Cc1ccc(-c2cc3c4nnc(SCc5cccc(F)c5)n4ccn3n2)cc1C. The van der Waals surface area contributed by atoms with E-state index in [4.69, 9.17) is 5.10 Å². The Balaban J connectivity index is 1.50. The first-order valence-corrected chi connectivity index (χ1v) is 10.2. The molecular formula is C22H18FN5S. The maximum absolute atomic E-state index is 13.4. The van der Waals surface area contributed by atoms with Gasteiger partial charge in [-0.3, -0.25) is 4.40 Å². The van der Waals surface area contributed by atoms with Gasteiger partial charge in [0.25, 0.3) is 0 Å². The Bertz CT molecular complexity index is 1350. The Kier molecular flexibility index (Phi) is 4.32. The molecule has 0 unspecified atom stereocenters. The van der Waals surface area contributed by atoms with E-state index in [-0.39, 0.29) is 5.82 Å². The lowest BCUT2D eigenvalue weighted by molar-refractivity contribution is 0.626. The van der Waals surface area contributed by atoms with Gasteiger partial charge in [-0.25, -0.2) is 8.91 Å². The summed E-state index contributed by atoms with van der Waals surface area (Å²) in [5.74, 6) is 0.394. The van der Waals surface area contributed by atoms with Crippen LogP contribution in [0, 0.1) is 19.7 Å². The van der Waals surface area contributed by atoms with Crippen LogP contribution < -0.4 is 0 Å². The Morgan fingerprint density at radius 2 is 1.86 bits per heavy atom. The minimum Gasteiger partial charge on any atom is -0.274 e. The molecule has 0 amide bonds. The third-order valence-electron chi connectivity index (χ3n) is 5.05. The van der Waals surface area contributed by atoms with Crippen LogP contribution in [0.4, 0.5) is 4.39 Å². The smallest absolute Gasteiger partial charge is 0.196 e. The maximum Gasteiger partial charge on any atom is 0.196 e. The van der Waals surface area contributed by atoms with Gasteiger partial charge in [-0.2, -0.15) is 5.10 Å². The molecule has 0 fully saturated rings. The van der Waals surface area contributed by atoms with Gasteiger partial charge in [0, 0.05) is 23.7 Å². The minimum atomic E-state index is -0.228. The molecule has 7 heteroatoms. The second kappa shape index (κ2) is 7.00. The summed E-state index contributed by atoms with van der Waals surface area (Å²) >= 11 is 1.53. The van der Waals surface area contributed by atoms with Gasteiger partial charge in [-0.05, 0) is 54.8 Å². The molecule has 0 atom stereocenters. The topological polar surface area (TPSA) is 47.5 Å². The standard InChI is InChI=1S/C22H18FN5S/c1-14-6-7-17(10-15(14)2)19-12-20-21-24-25-22(27(21)8-9-28(20)26-19)29-13-16-4-3-5-18(23)11-16/h3-12H,13H2,1-2H3. The molecule has 0 bridgehead atoms. The van der Waals surface area contributed by atoms with Crippen LogP contribution in [0.25, 0.3) is 22.4 Å². The normalized spacial score (nSPS) is 11.6. The molecule has 5 rings (SSSR count).